The van der Waals surface area contributed by atoms with Gasteiger partial charge < -0.3 is 0 Å². The predicted molar refractivity (Wildman–Crippen MR) is 72.7 cm³/mol. The van der Waals surface area contributed by atoms with Gasteiger partial charge in [0.25, 0.3) is 0 Å². The normalized spacial score (nSPS) is 18.3. The van der Waals surface area contributed by atoms with Crippen LogP contribution in [0.15, 0.2) is 23.1 Å². The molecule has 118 valence electrons. The van der Waals surface area contributed by atoms with E-state index in [9.17, 15) is 18.0 Å². The molecule has 0 spiro atoms. The highest BCUT2D eigenvalue weighted by atomic mass is 35.5. The van der Waals surface area contributed by atoms with Crippen molar-refractivity contribution in [2.24, 2.45) is 5.92 Å². The van der Waals surface area contributed by atoms with Crippen LogP contribution in [0.1, 0.15) is 17.8 Å². The van der Waals surface area contributed by atoms with E-state index in [1.165, 1.54) is 15.4 Å². The van der Waals surface area contributed by atoms with E-state index in [1.54, 1.807) is 12.1 Å². The van der Waals surface area contributed by atoms with E-state index < -0.39 is 17.8 Å². The fourth-order valence-corrected chi connectivity index (χ4v) is 2.64. The van der Waals surface area contributed by atoms with E-state index in [4.69, 9.17) is 11.6 Å². The number of halogens is 4. The molecule has 0 saturated heterocycles. The Kier molecular flexibility index (Phi) is 3.72. The Labute approximate surface area is 128 Å². The number of nitrogens with zero attached hydrogens (tertiary/aromatic N) is 4. The third-order valence-corrected chi connectivity index (χ3v) is 3.94. The van der Waals surface area contributed by atoms with Gasteiger partial charge in [-0.25, -0.2) is 14.5 Å². The second-order valence-electron chi connectivity index (χ2n) is 5.23. The molecule has 0 fully saturated rings. The van der Waals surface area contributed by atoms with Crippen molar-refractivity contribution >= 4 is 11.6 Å². The molecule has 3 heterocycles. The monoisotopic (exact) mass is 332 g/mol. The summed E-state index contributed by atoms with van der Waals surface area (Å²) in [5.41, 5.74) is 0.305. The lowest BCUT2D eigenvalue weighted by molar-refractivity contribution is -0.179. The summed E-state index contributed by atoms with van der Waals surface area (Å²) in [4.78, 5) is 16.1. The Bertz CT molecular complexity index is 735. The SMILES string of the molecule is O=c1n(Cc2ccc(Cl)nc2)nc2n1CC[C@@H](C(F)(F)F)C2. The number of pyridine rings is 1. The van der Waals surface area contributed by atoms with Gasteiger partial charge in [-0.3, -0.25) is 4.57 Å². The first-order valence-corrected chi connectivity index (χ1v) is 7.06. The van der Waals surface area contributed by atoms with Crippen LogP contribution in [-0.4, -0.2) is 25.5 Å². The second kappa shape index (κ2) is 5.42. The average Bonchev–Trinajstić information content (AvgIpc) is 2.77. The van der Waals surface area contributed by atoms with Gasteiger partial charge in [-0.15, -0.1) is 0 Å². The summed E-state index contributed by atoms with van der Waals surface area (Å²) >= 11 is 5.68. The highest BCUT2D eigenvalue weighted by molar-refractivity contribution is 6.29. The summed E-state index contributed by atoms with van der Waals surface area (Å²) in [7, 11) is 0. The van der Waals surface area contributed by atoms with Crippen molar-refractivity contribution in [1.82, 2.24) is 19.3 Å². The van der Waals surface area contributed by atoms with Crippen LogP contribution < -0.4 is 5.69 Å². The molecule has 2 aromatic heterocycles. The lowest BCUT2D eigenvalue weighted by Gasteiger charge is -2.23. The second-order valence-corrected chi connectivity index (χ2v) is 5.62. The molecule has 0 N–H and O–H groups in total. The van der Waals surface area contributed by atoms with Gasteiger partial charge >= 0.3 is 11.9 Å². The Morgan fingerprint density at radius 2 is 2.14 bits per heavy atom. The topological polar surface area (TPSA) is 52.7 Å². The molecule has 2 aromatic rings. The molecule has 0 aromatic carbocycles. The van der Waals surface area contributed by atoms with E-state index >= 15 is 0 Å². The van der Waals surface area contributed by atoms with Gasteiger partial charge in [-0.1, -0.05) is 17.7 Å². The van der Waals surface area contributed by atoms with Crippen molar-refractivity contribution in [3.63, 3.8) is 0 Å². The third-order valence-electron chi connectivity index (χ3n) is 3.71. The third kappa shape index (κ3) is 2.87. The zero-order chi connectivity index (χ0) is 15.9. The van der Waals surface area contributed by atoms with Gasteiger partial charge in [0, 0.05) is 19.2 Å². The predicted octanol–water partition coefficient (Wildman–Crippen LogP) is 2.27. The number of hydrogen-bond acceptors (Lipinski definition) is 3. The minimum atomic E-state index is -4.26. The first-order valence-electron chi connectivity index (χ1n) is 6.68. The lowest BCUT2D eigenvalue weighted by atomic mass is 9.97. The molecule has 0 amide bonds. The van der Waals surface area contributed by atoms with Crippen LogP contribution in [0, 0.1) is 5.92 Å². The largest absolute Gasteiger partial charge is 0.392 e. The lowest BCUT2D eigenvalue weighted by Crippen LogP contribution is -2.34. The summed E-state index contributed by atoms with van der Waals surface area (Å²) in [6, 6.07) is 3.27. The van der Waals surface area contributed by atoms with Crippen LogP contribution in [0.2, 0.25) is 5.15 Å². The highest BCUT2D eigenvalue weighted by Crippen LogP contribution is 2.33. The van der Waals surface area contributed by atoms with Crippen molar-refractivity contribution in [3.8, 4) is 0 Å². The Morgan fingerprint density at radius 1 is 1.36 bits per heavy atom. The quantitative estimate of drug-likeness (QED) is 0.793. The van der Waals surface area contributed by atoms with Crippen LogP contribution in [0.25, 0.3) is 0 Å². The minimum Gasteiger partial charge on any atom is -0.279 e. The summed E-state index contributed by atoms with van der Waals surface area (Å²) in [5.74, 6) is -1.26. The number of rotatable bonds is 2. The fourth-order valence-electron chi connectivity index (χ4n) is 2.52. The first-order chi connectivity index (χ1) is 10.3. The maximum atomic E-state index is 12.8. The number of hydrogen-bond donors (Lipinski definition) is 0. The Balaban J connectivity index is 1.85. The van der Waals surface area contributed by atoms with Gasteiger partial charge in [-0.2, -0.15) is 18.3 Å². The molecule has 0 unspecified atom stereocenters. The van der Waals surface area contributed by atoms with Crippen LogP contribution in [0.5, 0.6) is 0 Å². The zero-order valence-corrected chi connectivity index (χ0v) is 12.1. The van der Waals surface area contributed by atoms with Crippen LogP contribution in [-0.2, 0) is 19.5 Å². The average molecular weight is 333 g/mol. The molecule has 0 aliphatic carbocycles. The smallest absolute Gasteiger partial charge is 0.279 e. The maximum Gasteiger partial charge on any atom is 0.392 e. The summed E-state index contributed by atoms with van der Waals surface area (Å²) < 4.78 is 40.8. The molecular formula is C13H12ClF3N4O. The van der Waals surface area contributed by atoms with Crippen LogP contribution in [0.4, 0.5) is 13.2 Å². The first kappa shape index (κ1) is 15.1. The zero-order valence-electron chi connectivity index (χ0n) is 11.3. The van der Waals surface area contributed by atoms with Crippen molar-refractivity contribution < 1.29 is 13.2 Å². The summed E-state index contributed by atoms with van der Waals surface area (Å²) in [6.45, 7) is 0.191. The van der Waals surface area contributed by atoms with E-state index in [2.05, 4.69) is 10.1 Å². The van der Waals surface area contributed by atoms with Gasteiger partial charge in [0.1, 0.15) is 11.0 Å². The Hall–Kier alpha value is -1.83. The van der Waals surface area contributed by atoms with E-state index in [-0.39, 0.29) is 31.8 Å². The van der Waals surface area contributed by atoms with Gasteiger partial charge in [0.2, 0.25) is 0 Å². The summed E-state index contributed by atoms with van der Waals surface area (Å²) in [6.07, 6.45) is -3.11. The standard InChI is InChI=1S/C13H12ClF3N4O/c14-10-2-1-8(6-18-10)7-21-12(22)20-4-3-9(13(15,16)17)5-11(20)19-21/h1-2,6,9H,3-5,7H2/t9-/m1/s1. The minimum absolute atomic E-state index is 0.0389. The van der Waals surface area contributed by atoms with E-state index in [0.29, 0.717) is 10.7 Å². The van der Waals surface area contributed by atoms with Crippen molar-refractivity contribution in [3.05, 3.63) is 45.4 Å². The Morgan fingerprint density at radius 3 is 2.77 bits per heavy atom. The molecular weight excluding hydrogens is 321 g/mol. The number of fused-ring (bicyclic) bond motifs is 1. The number of alkyl halides is 3. The molecule has 0 radical (unpaired) electrons. The number of aromatic nitrogens is 4. The maximum absolute atomic E-state index is 12.8. The van der Waals surface area contributed by atoms with Crippen molar-refractivity contribution in [2.45, 2.75) is 32.1 Å². The van der Waals surface area contributed by atoms with E-state index in [1.807, 2.05) is 0 Å². The molecule has 9 heteroatoms. The van der Waals surface area contributed by atoms with Crippen molar-refractivity contribution in [1.29, 1.82) is 0 Å². The van der Waals surface area contributed by atoms with Gasteiger partial charge in [-0.05, 0) is 18.1 Å². The molecule has 0 bridgehead atoms. The molecule has 5 nitrogen and oxygen atoms in total. The molecule has 1 aliphatic rings. The molecule has 0 saturated carbocycles. The highest BCUT2D eigenvalue weighted by Gasteiger charge is 2.42. The summed E-state index contributed by atoms with van der Waals surface area (Å²) in [5, 5.41) is 4.37. The molecule has 1 aliphatic heterocycles. The van der Waals surface area contributed by atoms with E-state index in [0.717, 1.165) is 0 Å². The van der Waals surface area contributed by atoms with Crippen LogP contribution >= 0.6 is 11.6 Å². The molecule has 3 rings (SSSR count). The fraction of sp³-hybridized carbons (Fsp3) is 0.462. The van der Waals surface area contributed by atoms with Crippen LogP contribution in [0.3, 0.4) is 0 Å². The molecule has 22 heavy (non-hydrogen) atoms. The molecule has 1 atom stereocenters. The van der Waals surface area contributed by atoms with Gasteiger partial charge in [0.15, 0.2) is 0 Å². The van der Waals surface area contributed by atoms with Crippen molar-refractivity contribution in [2.75, 3.05) is 0 Å². The van der Waals surface area contributed by atoms with Gasteiger partial charge in [0.05, 0.1) is 12.5 Å².